The summed E-state index contributed by atoms with van der Waals surface area (Å²) < 4.78 is 0. The number of benzene rings is 2. The van der Waals surface area contributed by atoms with E-state index in [4.69, 9.17) is 10.2 Å². The Morgan fingerprint density at radius 1 is 0.936 bits per heavy atom. The molecule has 3 heterocycles. The molecule has 254 valence electrons. The first-order valence-electron chi connectivity index (χ1n) is 16.7. The number of fused-ring (bicyclic) bond motifs is 1. The average Bonchev–Trinajstić information content (AvgIpc) is 3.27. The second kappa shape index (κ2) is 16.5. The molecule has 0 spiro atoms. The molecule has 0 saturated carbocycles. The van der Waals surface area contributed by atoms with E-state index in [0.717, 1.165) is 55.5 Å². The number of carbonyl (C=O) groups excluding carboxylic acids is 3. The molecule has 11 nitrogen and oxygen atoms in total. The summed E-state index contributed by atoms with van der Waals surface area (Å²) in [6, 6.07) is 17.7. The van der Waals surface area contributed by atoms with Crippen LogP contribution in [0.25, 0.3) is 0 Å². The van der Waals surface area contributed by atoms with E-state index in [0.29, 0.717) is 26.1 Å². The number of carboxylic acid groups (broad SMARTS) is 2. The third-order valence-electron chi connectivity index (χ3n) is 9.36. The van der Waals surface area contributed by atoms with Crippen molar-refractivity contribution in [2.45, 2.75) is 89.1 Å². The van der Waals surface area contributed by atoms with E-state index in [1.165, 1.54) is 0 Å². The van der Waals surface area contributed by atoms with E-state index in [9.17, 15) is 24.0 Å². The predicted molar refractivity (Wildman–Crippen MR) is 178 cm³/mol. The lowest BCUT2D eigenvalue weighted by Gasteiger charge is -2.39. The Morgan fingerprint density at radius 2 is 1.57 bits per heavy atom. The maximum absolute atomic E-state index is 13.7. The molecule has 0 aliphatic carbocycles. The number of hydrogen-bond donors (Lipinski definition) is 4. The molecule has 0 aromatic heterocycles. The van der Waals surface area contributed by atoms with Crippen LogP contribution < -0.4 is 15.5 Å². The summed E-state index contributed by atoms with van der Waals surface area (Å²) in [7, 11) is 0. The van der Waals surface area contributed by atoms with Gasteiger partial charge in [-0.25, -0.2) is 0 Å². The van der Waals surface area contributed by atoms with E-state index in [1.807, 2.05) is 66.1 Å². The van der Waals surface area contributed by atoms with Crippen molar-refractivity contribution in [2.24, 2.45) is 5.92 Å². The molecule has 3 aliphatic rings. The maximum atomic E-state index is 13.7. The molecular formula is C36H48N4O7. The van der Waals surface area contributed by atoms with Crippen LogP contribution in [0.2, 0.25) is 0 Å². The number of aliphatic carboxylic acids is 2. The van der Waals surface area contributed by atoms with Crippen molar-refractivity contribution in [1.82, 2.24) is 15.5 Å². The summed E-state index contributed by atoms with van der Waals surface area (Å²) in [5, 5.41) is 22.5. The number of anilines is 1. The highest BCUT2D eigenvalue weighted by Crippen LogP contribution is 2.43. The van der Waals surface area contributed by atoms with Gasteiger partial charge in [-0.15, -0.1) is 0 Å². The van der Waals surface area contributed by atoms with Crippen molar-refractivity contribution in [3.63, 3.8) is 0 Å². The van der Waals surface area contributed by atoms with Gasteiger partial charge in [0.05, 0.1) is 11.3 Å². The molecule has 2 saturated heterocycles. The highest BCUT2D eigenvalue weighted by molar-refractivity contribution is 6.08. The van der Waals surface area contributed by atoms with Gasteiger partial charge in [0.2, 0.25) is 17.7 Å². The lowest BCUT2D eigenvalue weighted by Crippen LogP contribution is -2.55. The molecule has 2 atom stereocenters. The molecule has 1 unspecified atom stereocenters. The Kier molecular flexibility index (Phi) is 12.5. The van der Waals surface area contributed by atoms with Gasteiger partial charge in [-0.3, -0.25) is 24.0 Å². The number of nitrogens with one attached hydrogen (secondary N) is 2. The minimum Gasteiger partial charge on any atom is -0.481 e. The molecule has 5 rings (SSSR count). The molecule has 2 fully saturated rings. The van der Waals surface area contributed by atoms with Crippen LogP contribution in [-0.4, -0.2) is 83.0 Å². The molecule has 2 aromatic carbocycles. The second-order valence-electron chi connectivity index (χ2n) is 13.1. The van der Waals surface area contributed by atoms with Crippen LogP contribution in [0, 0.1) is 5.92 Å². The van der Waals surface area contributed by atoms with Crippen molar-refractivity contribution < 1.29 is 34.2 Å². The van der Waals surface area contributed by atoms with Crippen LogP contribution >= 0.6 is 0 Å². The lowest BCUT2D eigenvalue weighted by molar-refractivity contribution is -0.139. The van der Waals surface area contributed by atoms with Gasteiger partial charge in [-0.2, -0.15) is 0 Å². The van der Waals surface area contributed by atoms with Gasteiger partial charge < -0.3 is 30.6 Å². The van der Waals surface area contributed by atoms with E-state index >= 15 is 0 Å². The molecule has 4 N–H and O–H groups in total. The molecular weight excluding hydrogens is 600 g/mol. The molecule has 3 aliphatic heterocycles. The number of rotatable bonds is 11. The van der Waals surface area contributed by atoms with Crippen LogP contribution in [0.5, 0.6) is 0 Å². The summed E-state index contributed by atoms with van der Waals surface area (Å²) in [5.41, 5.74) is 2.70. The minimum atomic E-state index is -0.948. The Morgan fingerprint density at radius 3 is 2.19 bits per heavy atom. The second-order valence-corrected chi connectivity index (χ2v) is 13.1. The standard InChI is InChI=1S/C31H40N4O3.C5H8O4/c1-31(2)25-12-6-7-13-27(25)35(30(31)38)24-16-19-34(20-17-24)29(37)26(15-14-22-9-4-3-5-10-22)33-28(36)23-11-8-18-32-21-23;6-4(7)2-1-3-5(8)9/h3-7,9-10,12-13,23-24,26,32H,8,11,14-21H2,1-2H3,(H,33,36);1-3H2,(H,6,7)(H,8,9)/t23-,26?;/m1./s1. The first-order valence-corrected chi connectivity index (χ1v) is 16.7. The number of likely N-dealkylation sites (tertiary alicyclic amines) is 1. The summed E-state index contributed by atoms with van der Waals surface area (Å²) in [6.07, 6.45) is 4.67. The average molecular weight is 649 g/mol. The van der Waals surface area contributed by atoms with Crippen LogP contribution in [-0.2, 0) is 35.8 Å². The number of nitrogens with zero attached hydrogens (tertiary/aromatic N) is 2. The number of piperidine rings is 2. The molecule has 0 bridgehead atoms. The van der Waals surface area contributed by atoms with Crippen LogP contribution in [0.1, 0.15) is 76.3 Å². The lowest BCUT2D eigenvalue weighted by atomic mass is 9.86. The summed E-state index contributed by atoms with van der Waals surface area (Å²) in [6.45, 7) is 6.76. The number of carboxylic acids is 2. The van der Waals surface area contributed by atoms with Gasteiger partial charge in [-0.05, 0) is 82.5 Å². The number of amides is 3. The van der Waals surface area contributed by atoms with Gasteiger partial charge in [-0.1, -0.05) is 48.5 Å². The molecule has 11 heteroatoms. The van der Waals surface area contributed by atoms with Gasteiger partial charge in [0, 0.05) is 44.2 Å². The zero-order valence-corrected chi connectivity index (χ0v) is 27.5. The minimum absolute atomic E-state index is 0.00928. The van der Waals surface area contributed by atoms with E-state index in [1.54, 1.807) is 0 Å². The monoisotopic (exact) mass is 648 g/mol. The molecule has 47 heavy (non-hydrogen) atoms. The highest BCUT2D eigenvalue weighted by Gasteiger charge is 2.47. The SMILES string of the molecule is CC1(C)C(=O)N(C2CCN(C(=O)C(CCc3ccccc3)NC(=O)[C@@H]3CCCNC3)CC2)c2ccccc21.O=C(O)CCCC(=O)O. The third-order valence-corrected chi connectivity index (χ3v) is 9.36. The van der Waals surface area contributed by atoms with Gasteiger partial charge in [0.15, 0.2) is 0 Å². The van der Waals surface area contributed by atoms with E-state index in [-0.39, 0.29) is 48.9 Å². The van der Waals surface area contributed by atoms with Crippen molar-refractivity contribution in [2.75, 3.05) is 31.1 Å². The van der Waals surface area contributed by atoms with Crippen LogP contribution in [0.15, 0.2) is 54.6 Å². The summed E-state index contributed by atoms with van der Waals surface area (Å²) >= 11 is 0. The van der Waals surface area contributed by atoms with Gasteiger partial charge in [0.1, 0.15) is 6.04 Å². The molecule has 3 amide bonds. The van der Waals surface area contributed by atoms with Crippen molar-refractivity contribution in [3.05, 3.63) is 65.7 Å². The summed E-state index contributed by atoms with van der Waals surface area (Å²) in [4.78, 5) is 63.7. The first-order chi connectivity index (χ1) is 22.5. The number of hydrogen-bond acceptors (Lipinski definition) is 6. The Balaban J connectivity index is 0.000000488. The fraction of sp³-hybridized carbons (Fsp3) is 0.528. The Hall–Kier alpha value is -4.25. The topological polar surface area (TPSA) is 156 Å². The largest absolute Gasteiger partial charge is 0.481 e. The fourth-order valence-electron chi connectivity index (χ4n) is 6.63. The number of carbonyl (C=O) groups is 5. The molecule has 2 aromatic rings. The predicted octanol–water partition coefficient (Wildman–Crippen LogP) is 3.74. The third kappa shape index (κ3) is 9.41. The number of para-hydroxylation sites is 1. The Bertz CT molecular complexity index is 1390. The summed E-state index contributed by atoms with van der Waals surface area (Å²) in [5.74, 6) is -1.89. The normalized spacial score (nSPS) is 19.6. The fourth-order valence-corrected chi connectivity index (χ4v) is 6.63. The maximum Gasteiger partial charge on any atom is 0.303 e. The van der Waals surface area contributed by atoms with Gasteiger partial charge >= 0.3 is 11.9 Å². The highest BCUT2D eigenvalue weighted by atomic mass is 16.4. The van der Waals surface area contributed by atoms with Crippen molar-refractivity contribution >= 4 is 35.3 Å². The van der Waals surface area contributed by atoms with Gasteiger partial charge in [0.25, 0.3) is 0 Å². The first kappa shape index (κ1) is 35.6. The molecule has 0 radical (unpaired) electrons. The van der Waals surface area contributed by atoms with E-state index < -0.39 is 23.4 Å². The Labute approximate surface area is 276 Å². The number of aryl methyl sites for hydroxylation is 1. The smallest absolute Gasteiger partial charge is 0.303 e. The zero-order valence-electron chi connectivity index (χ0n) is 27.5. The quantitative estimate of drug-likeness (QED) is 0.287. The van der Waals surface area contributed by atoms with Crippen LogP contribution in [0.4, 0.5) is 5.69 Å². The van der Waals surface area contributed by atoms with Crippen molar-refractivity contribution in [3.8, 4) is 0 Å². The van der Waals surface area contributed by atoms with E-state index in [2.05, 4.69) is 22.8 Å². The zero-order chi connectivity index (χ0) is 34.0. The van der Waals surface area contributed by atoms with Crippen LogP contribution in [0.3, 0.4) is 0 Å². The van der Waals surface area contributed by atoms with Crippen molar-refractivity contribution in [1.29, 1.82) is 0 Å².